The first-order valence-electron chi connectivity index (χ1n) is 7.97. The lowest BCUT2D eigenvalue weighted by Gasteiger charge is -2.17. The number of aromatic nitrogens is 4. The molecule has 4 rings (SSSR count). The Hall–Kier alpha value is -3.29. The average molecular weight is 336 g/mol. The molecule has 0 saturated carbocycles. The fraction of sp³-hybridized carbons (Fsp3) is 0.235. The summed E-state index contributed by atoms with van der Waals surface area (Å²) in [7, 11) is 0. The molecule has 3 aromatic heterocycles. The molecule has 0 aliphatic carbocycles. The van der Waals surface area contributed by atoms with Gasteiger partial charge in [0.15, 0.2) is 12.1 Å². The van der Waals surface area contributed by atoms with Gasteiger partial charge >= 0.3 is 0 Å². The number of hydrogen-bond donors (Lipinski definition) is 1. The molecule has 1 amide bonds. The van der Waals surface area contributed by atoms with E-state index < -0.39 is 0 Å². The van der Waals surface area contributed by atoms with Crippen molar-refractivity contribution in [1.82, 2.24) is 25.3 Å². The van der Waals surface area contributed by atoms with Crippen LogP contribution in [-0.2, 0) is 0 Å². The molecule has 1 fully saturated rings. The third-order valence-electron chi connectivity index (χ3n) is 4.07. The number of rotatable bonds is 4. The van der Waals surface area contributed by atoms with Crippen molar-refractivity contribution >= 4 is 11.9 Å². The molecule has 8 heteroatoms. The van der Waals surface area contributed by atoms with E-state index in [1.165, 1.54) is 12.7 Å². The molecular formula is C17H16N6O2. The average Bonchev–Trinajstić information content (AvgIpc) is 3.35. The molecule has 0 spiro atoms. The molecule has 25 heavy (non-hydrogen) atoms. The van der Waals surface area contributed by atoms with Crippen molar-refractivity contribution in [3.63, 3.8) is 0 Å². The van der Waals surface area contributed by atoms with Gasteiger partial charge in [-0.2, -0.15) is 0 Å². The van der Waals surface area contributed by atoms with Crippen molar-refractivity contribution in [2.24, 2.45) is 0 Å². The topological polar surface area (TPSA) is 97.0 Å². The second-order valence-electron chi connectivity index (χ2n) is 5.76. The summed E-state index contributed by atoms with van der Waals surface area (Å²) >= 11 is 0. The maximum absolute atomic E-state index is 12.1. The number of nitrogens with one attached hydrogen (secondary N) is 1. The molecule has 1 unspecified atom stereocenters. The molecule has 1 atom stereocenters. The molecule has 1 aliphatic heterocycles. The zero-order valence-corrected chi connectivity index (χ0v) is 13.4. The summed E-state index contributed by atoms with van der Waals surface area (Å²) in [6, 6.07) is 5.72. The normalized spacial score (nSPS) is 16.8. The zero-order chi connectivity index (χ0) is 17.1. The van der Waals surface area contributed by atoms with Crippen LogP contribution in [0.25, 0.3) is 11.3 Å². The lowest BCUT2D eigenvalue weighted by atomic mass is 10.2. The van der Waals surface area contributed by atoms with Gasteiger partial charge in [-0.3, -0.25) is 9.78 Å². The maximum atomic E-state index is 12.1. The van der Waals surface area contributed by atoms with E-state index in [-0.39, 0.29) is 17.6 Å². The highest BCUT2D eigenvalue weighted by atomic mass is 16.3. The third-order valence-corrected chi connectivity index (χ3v) is 4.07. The Bertz CT molecular complexity index is 853. The SMILES string of the molecule is O=C(NC1CCN(c2nccc(-c3cccnc3)n2)C1)c1cocn1. The van der Waals surface area contributed by atoms with Crippen LogP contribution in [0.4, 0.5) is 5.95 Å². The van der Waals surface area contributed by atoms with Crippen LogP contribution in [-0.4, -0.2) is 45.0 Å². The van der Waals surface area contributed by atoms with E-state index in [9.17, 15) is 4.79 Å². The number of pyridine rings is 1. The van der Waals surface area contributed by atoms with Gasteiger partial charge in [-0.05, 0) is 24.6 Å². The van der Waals surface area contributed by atoms with E-state index in [1.807, 2.05) is 18.2 Å². The lowest BCUT2D eigenvalue weighted by Crippen LogP contribution is -2.37. The monoisotopic (exact) mass is 336 g/mol. The molecule has 1 aliphatic rings. The van der Waals surface area contributed by atoms with Gasteiger partial charge in [0.1, 0.15) is 6.26 Å². The van der Waals surface area contributed by atoms with Crippen molar-refractivity contribution < 1.29 is 9.21 Å². The summed E-state index contributed by atoms with van der Waals surface area (Å²) in [6.45, 7) is 1.43. The van der Waals surface area contributed by atoms with E-state index in [0.717, 1.165) is 24.2 Å². The fourth-order valence-corrected chi connectivity index (χ4v) is 2.82. The Balaban J connectivity index is 1.44. The minimum Gasteiger partial charge on any atom is -0.451 e. The number of amides is 1. The summed E-state index contributed by atoms with van der Waals surface area (Å²) in [4.78, 5) is 31.1. The van der Waals surface area contributed by atoms with Crippen LogP contribution in [0.5, 0.6) is 0 Å². The summed E-state index contributed by atoms with van der Waals surface area (Å²) in [5.74, 6) is 0.421. The molecule has 3 aromatic rings. The summed E-state index contributed by atoms with van der Waals surface area (Å²) in [5.41, 5.74) is 2.06. The minimum absolute atomic E-state index is 0.0230. The molecule has 8 nitrogen and oxygen atoms in total. The summed E-state index contributed by atoms with van der Waals surface area (Å²) < 4.78 is 4.84. The van der Waals surface area contributed by atoms with Gasteiger partial charge in [0.2, 0.25) is 5.95 Å². The van der Waals surface area contributed by atoms with Crippen LogP contribution >= 0.6 is 0 Å². The number of carbonyl (C=O) groups is 1. The van der Waals surface area contributed by atoms with Crippen LogP contribution in [0.2, 0.25) is 0 Å². The first kappa shape index (κ1) is 15.3. The number of hydrogen-bond acceptors (Lipinski definition) is 7. The molecule has 1 saturated heterocycles. The van der Waals surface area contributed by atoms with Crippen molar-refractivity contribution in [2.75, 3.05) is 18.0 Å². The number of anilines is 1. The first-order valence-corrected chi connectivity index (χ1v) is 7.97. The van der Waals surface area contributed by atoms with Gasteiger partial charge < -0.3 is 14.6 Å². The Morgan fingerprint density at radius 2 is 2.24 bits per heavy atom. The number of oxazole rings is 1. The standard InChI is InChI=1S/C17H16N6O2/c24-16(15-10-25-11-20-15)21-13-4-7-23(9-13)17-19-6-3-14(22-17)12-2-1-5-18-8-12/h1-3,5-6,8,10-11,13H,4,7,9H2,(H,21,24). The van der Waals surface area contributed by atoms with E-state index >= 15 is 0 Å². The van der Waals surface area contributed by atoms with Crippen LogP contribution in [0, 0.1) is 0 Å². The quantitative estimate of drug-likeness (QED) is 0.771. The van der Waals surface area contributed by atoms with E-state index in [1.54, 1.807) is 18.6 Å². The van der Waals surface area contributed by atoms with E-state index in [0.29, 0.717) is 12.5 Å². The highest BCUT2D eigenvalue weighted by Gasteiger charge is 2.26. The Labute approximate surface area is 144 Å². The Morgan fingerprint density at radius 1 is 1.28 bits per heavy atom. The fourth-order valence-electron chi connectivity index (χ4n) is 2.82. The molecule has 126 valence electrons. The molecule has 0 aromatic carbocycles. The largest absolute Gasteiger partial charge is 0.451 e. The van der Waals surface area contributed by atoms with Gasteiger partial charge in [0.05, 0.1) is 5.69 Å². The Kier molecular flexibility index (Phi) is 4.07. The smallest absolute Gasteiger partial charge is 0.273 e. The lowest BCUT2D eigenvalue weighted by molar-refractivity contribution is 0.0935. The second-order valence-corrected chi connectivity index (χ2v) is 5.76. The summed E-state index contributed by atoms with van der Waals surface area (Å²) in [6.07, 6.45) is 8.65. The van der Waals surface area contributed by atoms with E-state index in [4.69, 9.17) is 4.42 Å². The van der Waals surface area contributed by atoms with E-state index in [2.05, 4.69) is 30.2 Å². The van der Waals surface area contributed by atoms with Gasteiger partial charge in [-0.15, -0.1) is 0 Å². The second kappa shape index (κ2) is 6.68. The molecular weight excluding hydrogens is 320 g/mol. The minimum atomic E-state index is -0.231. The van der Waals surface area contributed by atoms with Gasteiger partial charge in [0, 0.05) is 43.3 Å². The van der Waals surface area contributed by atoms with Crippen LogP contribution in [0.1, 0.15) is 16.9 Å². The van der Waals surface area contributed by atoms with Crippen LogP contribution in [0.3, 0.4) is 0 Å². The predicted octanol–water partition coefficient (Wildman–Crippen LogP) is 1.54. The van der Waals surface area contributed by atoms with Crippen LogP contribution < -0.4 is 10.2 Å². The molecule has 4 heterocycles. The van der Waals surface area contributed by atoms with Crippen molar-refractivity contribution in [1.29, 1.82) is 0 Å². The van der Waals surface area contributed by atoms with Gasteiger partial charge in [0.25, 0.3) is 5.91 Å². The highest BCUT2D eigenvalue weighted by molar-refractivity contribution is 5.92. The third kappa shape index (κ3) is 3.32. The summed E-state index contributed by atoms with van der Waals surface area (Å²) in [5, 5.41) is 2.96. The molecule has 0 radical (unpaired) electrons. The maximum Gasteiger partial charge on any atom is 0.273 e. The Morgan fingerprint density at radius 3 is 3.04 bits per heavy atom. The van der Waals surface area contributed by atoms with Crippen molar-refractivity contribution in [3.05, 3.63) is 55.1 Å². The first-order chi connectivity index (χ1) is 12.3. The zero-order valence-electron chi connectivity index (χ0n) is 13.4. The van der Waals surface area contributed by atoms with Crippen molar-refractivity contribution in [3.8, 4) is 11.3 Å². The highest BCUT2D eigenvalue weighted by Crippen LogP contribution is 2.20. The van der Waals surface area contributed by atoms with Gasteiger partial charge in [-0.25, -0.2) is 15.0 Å². The number of nitrogens with zero attached hydrogens (tertiary/aromatic N) is 5. The van der Waals surface area contributed by atoms with Crippen LogP contribution in [0.15, 0.2) is 53.9 Å². The van der Waals surface area contributed by atoms with Gasteiger partial charge in [-0.1, -0.05) is 0 Å². The molecule has 1 N–H and O–H groups in total. The number of carbonyl (C=O) groups excluding carboxylic acids is 1. The molecule has 0 bridgehead atoms. The predicted molar refractivity (Wildman–Crippen MR) is 89.9 cm³/mol. The van der Waals surface area contributed by atoms with Crippen molar-refractivity contribution in [2.45, 2.75) is 12.5 Å².